The van der Waals surface area contributed by atoms with Crippen LogP contribution in [0.3, 0.4) is 0 Å². The van der Waals surface area contributed by atoms with Crippen molar-refractivity contribution in [2.75, 3.05) is 45.6 Å². The highest BCUT2D eigenvalue weighted by molar-refractivity contribution is 5.98. The molecule has 0 spiro atoms. The van der Waals surface area contributed by atoms with Gasteiger partial charge in [-0.05, 0) is 56.1 Å². The first kappa shape index (κ1) is 31.7. The Morgan fingerprint density at radius 1 is 1.24 bits per heavy atom. The number of benzene rings is 1. The summed E-state index contributed by atoms with van der Waals surface area (Å²) in [5.74, 6) is -0.0345. The van der Waals surface area contributed by atoms with Crippen LogP contribution in [0.5, 0.6) is 0 Å². The van der Waals surface area contributed by atoms with Crippen LogP contribution in [0.15, 0.2) is 72.7 Å². The molecule has 41 heavy (non-hydrogen) atoms. The van der Waals surface area contributed by atoms with Gasteiger partial charge in [0.05, 0.1) is 0 Å². The molecule has 0 atom stereocenters. The van der Waals surface area contributed by atoms with Crippen LogP contribution < -0.4 is 10.6 Å². The van der Waals surface area contributed by atoms with E-state index in [4.69, 9.17) is 5.41 Å². The molecule has 1 amide bonds. The molecular formula is C34H52N6O. The summed E-state index contributed by atoms with van der Waals surface area (Å²) in [5.41, 5.74) is 6.99. The lowest BCUT2D eigenvalue weighted by Gasteiger charge is -2.32. The van der Waals surface area contributed by atoms with Crippen LogP contribution in [0.2, 0.25) is 0 Å². The Labute approximate surface area is 249 Å². The van der Waals surface area contributed by atoms with Crippen molar-refractivity contribution in [3.8, 4) is 11.3 Å². The number of anilines is 1. The maximum atomic E-state index is 13.0. The van der Waals surface area contributed by atoms with Gasteiger partial charge in [0, 0.05) is 93.4 Å². The molecule has 7 heteroatoms. The number of H-pyrrole nitrogens is 1. The largest absolute Gasteiger partial charge is 0.383 e. The fourth-order valence-electron chi connectivity index (χ4n) is 5.13. The van der Waals surface area contributed by atoms with Crippen molar-refractivity contribution in [3.05, 3.63) is 83.9 Å². The predicted molar refractivity (Wildman–Crippen MR) is 178 cm³/mol. The number of amides is 1. The molecular weight excluding hydrogens is 508 g/mol. The zero-order valence-corrected chi connectivity index (χ0v) is 25.7. The van der Waals surface area contributed by atoms with Gasteiger partial charge in [0.2, 0.25) is 0 Å². The minimum absolute atomic E-state index is 0. The predicted octanol–water partition coefficient (Wildman–Crippen LogP) is 7.15. The number of hydrogen-bond acceptors (Lipinski definition) is 5. The molecule has 1 aliphatic heterocycles. The van der Waals surface area contributed by atoms with Crippen LogP contribution in [0.1, 0.15) is 60.9 Å². The molecule has 7 nitrogen and oxygen atoms in total. The second-order valence-electron chi connectivity index (χ2n) is 11.2. The van der Waals surface area contributed by atoms with Crippen LogP contribution in [0, 0.1) is 10.8 Å². The summed E-state index contributed by atoms with van der Waals surface area (Å²) in [4.78, 5) is 20.7. The van der Waals surface area contributed by atoms with E-state index in [-0.39, 0.29) is 14.2 Å². The normalized spacial score (nSPS) is 16.6. The molecule has 0 saturated carbocycles. The maximum Gasteiger partial charge on any atom is 0.251 e. The van der Waals surface area contributed by atoms with Gasteiger partial charge in [-0.25, -0.2) is 0 Å². The summed E-state index contributed by atoms with van der Waals surface area (Å²) in [5, 5.41) is 14.9. The number of aromatic amines is 1. The van der Waals surface area contributed by atoms with Crippen LogP contribution in [0.25, 0.3) is 16.8 Å². The second kappa shape index (κ2) is 14.7. The lowest BCUT2D eigenvalue weighted by Crippen LogP contribution is -2.35. The van der Waals surface area contributed by atoms with Crippen molar-refractivity contribution in [1.29, 1.82) is 5.41 Å². The molecule has 2 aromatic rings. The molecule has 4 rings (SSSR count). The molecule has 1 aromatic carbocycles. The van der Waals surface area contributed by atoms with E-state index in [9.17, 15) is 4.79 Å². The van der Waals surface area contributed by atoms with Crippen LogP contribution >= 0.6 is 0 Å². The van der Waals surface area contributed by atoms with E-state index >= 15 is 0 Å². The molecule has 1 aliphatic carbocycles. The highest BCUT2D eigenvalue weighted by Gasteiger charge is 2.28. The highest BCUT2D eigenvalue weighted by atomic mass is 16.1. The summed E-state index contributed by atoms with van der Waals surface area (Å²) in [6, 6.07) is 8.08. The van der Waals surface area contributed by atoms with E-state index in [1.807, 2.05) is 81.7 Å². The van der Waals surface area contributed by atoms with E-state index in [1.54, 1.807) is 0 Å². The lowest BCUT2D eigenvalue weighted by molar-refractivity contribution is -0.117. The number of carbonyl (C=O) groups excluding carboxylic acids is 1. The Hall–Kier alpha value is -3.84. The molecule has 0 bridgehead atoms. The number of aromatic nitrogens is 1. The number of allylic oxidation sites excluding steroid dienone is 4. The summed E-state index contributed by atoms with van der Waals surface area (Å²) in [6.45, 7) is 16.1. The maximum absolute atomic E-state index is 13.0. The number of carbonyl (C=O) groups is 1. The highest BCUT2D eigenvalue weighted by Crippen LogP contribution is 2.38. The van der Waals surface area contributed by atoms with Gasteiger partial charge in [-0.3, -0.25) is 4.79 Å². The molecule has 1 fully saturated rings. The van der Waals surface area contributed by atoms with Gasteiger partial charge < -0.3 is 30.8 Å². The van der Waals surface area contributed by atoms with E-state index in [0.717, 1.165) is 65.4 Å². The van der Waals surface area contributed by atoms with E-state index < -0.39 is 0 Å². The van der Waals surface area contributed by atoms with Gasteiger partial charge in [-0.2, -0.15) is 0 Å². The molecule has 1 aromatic heterocycles. The first-order valence-electron chi connectivity index (χ1n) is 14.7. The van der Waals surface area contributed by atoms with Crippen LogP contribution in [0.4, 0.5) is 5.69 Å². The van der Waals surface area contributed by atoms with Crippen molar-refractivity contribution in [3.63, 3.8) is 0 Å². The third kappa shape index (κ3) is 8.10. The Morgan fingerprint density at radius 3 is 2.63 bits per heavy atom. The van der Waals surface area contributed by atoms with Gasteiger partial charge in [0.25, 0.3) is 5.91 Å². The topological polar surface area (TPSA) is 87.2 Å². The van der Waals surface area contributed by atoms with E-state index in [2.05, 4.69) is 47.0 Å². The first-order valence-corrected chi connectivity index (χ1v) is 14.7. The Balaban J connectivity index is 0.00000226. The number of likely N-dealkylation sites (tertiary alicyclic amines) is 1. The molecule has 224 valence electrons. The summed E-state index contributed by atoms with van der Waals surface area (Å²) in [7, 11) is 3.97. The summed E-state index contributed by atoms with van der Waals surface area (Å²) < 4.78 is 0. The Morgan fingerprint density at radius 2 is 1.98 bits per heavy atom. The third-order valence-corrected chi connectivity index (χ3v) is 7.48. The molecule has 0 radical (unpaired) electrons. The van der Waals surface area contributed by atoms with Gasteiger partial charge in [-0.15, -0.1) is 0 Å². The SMILES string of the molecule is C=C/C(=C\N(C)C)c1c[nH]c(-c2cccc(NC3=CC(C(=O)NCCN4CCCC4)=CCC3(C)C)c2C=N)c1.CC.[HH].[HH]. The summed E-state index contributed by atoms with van der Waals surface area (Å²) >= 11 is 0. The Kier molecular flexibility index (Phi) is 11.4. The van der Waals surface area contributed by atoms with Crippen molar-refractivity contribution in [1.82, 2.24) is 20.1 Å². The minimum Gasteiger partial charge on any atom is -0.383 e. The van der Waals surface area contributed by atoms with Gasteiger partial charge in [0.1, 0.15) is 0 Å². The van der Waals surface area contributed by atoms with Gasteiger partial charge >= 0.3 is 0 Å². The molecule has 2 heterocycles. The zero-order valence-electron chi connectivity index (χ0n) is 25.7. The molecule has 2 aliphatic rings. The number of nitrogens with one attached hydrogen (secondary N) is 4. The fraction of sp³-hybridized carbons (Fsp3) is 0.412. The first-order chi connectivity index (χ1) is 19.7. The quantitative estimate of drug-likeness (QED) is 0.174. The average Bonchev–Trinajstić information content (AvgIpc) is 3.66. The van der Waals surface area contributed by atoms with Crippen LogP contribution in [-0.2, 0) is 4.79 Å². The molecule has 4 N–H and O–H groups in total. The van der Waals surface area contributed by atoms with Gasteiger partial charge in [0.15, 0.2) is 0 Å². The summed E-state index contributed by atoms with van der Waals surface area (Å²) in [6.07, 6.45) is 14.5. The van der Waals surface area contributed by atoms with Crippen molar-refractivity contribution in [2.24, 2.45) is 5.41 Å². The van der Waals surface area contributed by atoms with Crippen LogP contribution in [-0.4, -0.2) is 67.2 Å². The minimum atomic E-state index is -0.177. The number of rotatable bonds is 11. The smallest absolute Gasteiger partial charge is 0.251 e. The second-order valence-corrected chi connectivity index (χ2v) is 11.2. The number of hydrogen-bond donors (Lipinski definition) is 4. The molecule has 0 unspecified atom stereocenters. The monoisotopic (exact) mass is 560 g/mol. The zero-order chi connectivity index (χ0) is 30.0. The third-order valence-electron chi connectivity index (χ3n) is 7.48. The van der Waals surface area contributed by atoms with Crippen molar-refractivity contribution in [2.45, 2.75) is 47.0 Å². The standard InChI is InChI=1S/C32H42N6O.C2H6.2H2/c1-6-23(22-37(4)5)25-18-29(35-21-25)26-10-9-11-28(27(26)20-33)36-30-19-24(12-13-32(30,2)3)31(39)34-14-17-38-15-7-8-16-38;1-2;;/h6,9-12,18-22,33,35-36H,1,7-8,13-17H2,2-5H3,(H,34,39);1-2H3;2*1H/b23-22+,33-20?;;;. The van der Waals surface area contributed by atoms with Crippen molar-refractivity contribution >= 4 is 23.4 Å². The average molecular weight is 561 g/mol. The van der Waals surface area contributed by atoms with E-state index in [0.29, 0.717) is 12.1 Å². The fourth-order valence-corrected chi connectivity index (χ4v) is 5.13. The van der Waals surface area contributed by atoms with Crippen molar-refractivity contribution < 1.29 is 7.65 Å². The van der Waals surface area contributed by atoms with E-state index in [1.165, 1.54) is 19.1 Å². The number of nitrogens with zero attached hydrogens (tertiary/aromatic N) is 2. The Bertz CT molecular complexity index is 1320. The molecule has 1 saturated heterocycles. The van der Waals surface area contributed by atoms with Gasteiger partial charge in [-0.1, -0.05) is 58.6 Å². The lowest BCUT2D eigenvalue weighted by atomic mass is 9.80.